The van der Waals surface area contributed by atoms with Gasteiger partial charge in [0.25, 0.3) is 0 Å². The van der Waals surface area contributed by atoms with Crippen molar-refractivity contribution < 1.29 is 4.74 Å². The molecular weight excluding hydrogens is 338 g/mol. The van der Waals surface area contributed by atoms with Crippen LogP contribution in [0.25, 0.3) is 0 Å². The van der Waals surface area contributed by atoms with Crippen molar-refractivity contribution in [3.05, 3.63) is 29.8 Å². The molecule has 0 spiro atoms. The Morgan fingerprint density at radius 1 is 1.04 bits per heavy atom. The van der Waals surface area contributed by atoms with E-state index in [1.807, 2.05) is 32.3 Å². The lowest BCUT2D eigenvalue weighted by atomic mass is 10.2. The number of benzene rings is 1. The predicted molar refractivity (Wildman–Crippen MR) is 116 cm³/mol. The van der Waals surface area contributed by atoms with Gasteiger partial charge in [0.1, 0.15) is 12.4 Å². The van der Waals surface area contributed by atoms with Gasteiger partial charge in [-0.25, -0.2) is 0 Å². The molecule has 0 saturated heterocycles. The number of aliphatic imine (C=N–C) groups is 1. The Bertz CT molecular complexity index is 549. The van der Waals surface area contributed by atoms with Gasteiger partial charge < -0.3 is 20.3 Å². The Morgan fingerprint density at radius 3 is 2.30 bits per heavy atom. The minimum Gasteiger partial charge on any atom is -0.492 e. The van der Waals surface area contributed by atoms with Gasteiger partial charge in [0.15, 0.2) is 5.96 Å². The third kappa shape index (κ3) is 9.11. The van der Waals surface area contributed by atoms with E-state index in [4.69, 9.17) is 4.74 Å². The molecule has 0 atom stereocenters. The van der Waals surface area contributed by atoms with E-state index in [2.05, 4.69) is 59.2 Å². The summed E-state index contributed by atoms with van der Waals surface area (Å²) in [6, 6.07) is 9.22. The average molecular weight is 378 g/mol. The van der Waals surface area contributed by atoms with Crippen molar-refractivity contribution in [2.45, 2.75) is 46.3 Å². The predicted octanol–water partition coefficient (Wildman–Crippen LogP) is 2.41. The number of ether oxygens (including phenoxy) is 1. The largest absolute Gasteiger partial charge is 0.492 e. The van der Waals surface area contributed by atoms with Crippen LogP contribution in [0.1, 0.15) is 33.3 Å². The van der Waals surface area contributed by atoms with Crippen molar-refractivity contribution in [3.8, 4) is 5.75 Å². The molecule has 0 saturated carbocycles. The van der Waals surface area contributed by atoms with Crippen LogP contribution in [0.3, 0.4) is 0 Å². The molecule has 0 bridgehead atoms. The Labute approximate surface area is 166 Å². The Hall–Kier alpha value is -1.79. The van der Waals surface area contributed by atoms with Gasteiger partial charge in [-0.2, -0.15) is 0 Å². The van der Waals surface area contributed by atoms with Crippen LogP contribution in [0.5, 0.6) is 5.75 Å². The van der Waals surface area contributed by atoms with E-state index in [0.29, 0.717) is 25.2 Å². The Kier molecular flexibility index (Phi) is 10.8. The number of nitrogens with zero attached hydrogens (tertiary/aromatic N) is 3. The molecule has 154 valence electrons. The summed E-state index contributed by atoms with van der Waals surface area (Å²) in [7, 11) is 5.90. The van der Waals surface area contributed by atoms with E-state index in [9.17, 15) is 0 Å². The van der Waals surface area contributed by atoms with Crippen molar-refractivity contribution in [2.24, 2.45) is 4.99 Å². The first-order valence-corrected chi connectivity index (χ1v) is 9.90. The fourth-order valence-electron chi connectivity index (χ4n) is 2.94. The van der Waals surface area contributed by atoms with Crippen LogP contribution in [-0.2, 0) is 6.54 Å². The van der Waals surface area contributed by atoms with Crippen LogP contribution < -0.4 is 15.4 Å². The SMILES string of the molecule is CN=C(NCCN(C(C)C)C(C)C)NCc1ccccc1OCCN(C)C. The smallest absolute Gasteiger partial charge is 0.191 e. The molecule has 6 nitrogen and oxygen atoms in total. The topological polar surface area (TPSA) is 52.1 Å². The van der Waals surface area contributed by atoms with Crippen molar-refractivity contribution >= 4 is 5.96 Å². The van der Waals surface area contributed by atoms with E-state index in [1.165, 1.54) is 0 Å². The van der Waals surface area contributed by atoms with Crippen molar-refractivity contribution in [2.75, 3.05) is 47.4 Å². The minimum atomic E-state index is 0.535. The maximum Gasteiger partial charge on any atom is 0.191 e. The average Bonchev–Trinajstić information content (AvgIpc) is 2.61. The maximum absolute atomic E-state index is 5.93. The molecule has 2 N–H and O–H groups in total. The summed E-state index contributed by atoms with van der Waals surface area (Å²) in [5.74, 6) is 1.73. The molecule has 0 unspecified atom stereocenters. The highest BCUT2D eigenvalue weighted by Crippen LogP contribution is 2.17. The van der Waals surface area contributed by atoms with Crippen LogP contribution in [0, 0.1) is 0 Å². The maximum atomic E-state index is 5.93. The third-order valence-electron chi connectivity index (χ3n) is 4.43. The van der Waals surface area contributed by atoms with Crippen LogP contribution in [0.4, 0.5) is 0 Å². The number of nitrogens with one attached hydrogen (secondary N) is 2. The highest BCUT2D eigenvalue weighted by Gasteiger charge is 2.12. The van der Waals surface area contributed by atoms with Gasteiger partial charge in [-0.3, -0.25) is 9.89 Å². The fraction of sp³-hybridized carbons (Fsp3) is 0.667. The van der Waals surface area contributed by atoms with E-state index in [0.717, 1.165) is 36.9 Å². The lowest BCUT2D eigenvalue weighted by molar-refractivity contribution is 0.178. The van der Waals surface area contributed by atoms with Gasteiger partial charge in [0.2, 0.25) is 0 Å². The number of para-hydroxylation sites is 1. The van der Waals surface area contributed by atoms with E-state index < -0.39 is 0 Å². The van der Waals surface area contributed by atoms with Gasteiger partial charge in [-0.15, -0.1) is 0 Å². The summed E-state index contributed by atoms with van der Waals surface area (Å²) >= 11 is 0. The third-order valence-corrected chi connectivity index (χ3v) is 4.43. The Morgan fingerprint density at radius 2 is 1.70 bits per heavy atom. The van der Waals surface area contributed by atoms with Gasteiger partial charge in [-0.1, -0.05) is 18.2 Å². The standard InChI is InChI=1S/C21H39N5O/c1-17(2)26(18(3)4)13-12-23-21(22-5)24-16-19-10-8-9-11-20(19)27-15-14-25(6)7/h8-11,17-18H,12-16H2,1-7H3,(H2,22,23,24). The lowest BCUT2D eigenvalue weighted by Gasteiger charge is -2.30. The molecule has 0 radical (unpaired) electrons. The quantitative estimate of drug-likeness (QED) is 0.458. The molecule has 1 aromatic rings. The van der Waals surface area contributed by atoms with Crippen LogP contribution >= 0.6 is 0 Å². The van der Waals surface area contributed by atoms with Crippen LogP contribution in [0.15, 0.2) is 29.3 Å². The van der Waals surface area contributed by atoms with E-state index >= 15 is 0 Å². The van der Waals surface area contributed by atoms with Gasteiger partial charge in [0, 0.05) is 50.9 Å². The Balaban J connectivity index is 2.51. The second-order valence-electron chi connectivity index (χ2n) is 7.54. The zero-order valence-corrected chi connectivity index (χ0v) is 18.2. The molecule has 6 heteroatoms. The molecule has 0 heterocycles. The number of likely N-dealkylation sites (N-methyl/N-ethyl adjacent to an activating group) is 1. The number of guanidine groups is 1. The zero-order valence-electron chi connectivity index (χ0n) is 18.2. The summed E-state index contributed by atoms with van der Waals surface area (Å²) in [6.07, 6.45) is 0. The molecular formula is C21H39N5O. The fourth-order valence-corrected chi connectivity index (χ4v) is 2.94. The van der Waals surface area contributed by atoms with Gasteiger partial charge >= 0.3 is 0 Å². The van der Waals surface area contributed by atoms with Crippen LogP contribution in [0.2, 0.25) is 0 Å². The molecule has 0 fully saturated rings. The highest BCUT2D eigenvalue weighted by molar-refractivity contribution is 5.79. The van der Waals surface area contributed by atoms with Crippen molar-refractivity contribution in [3.63, 3.8) is 0 Å². The summed E-state index contributed by atoms with van der Waals surface area (Å²) in [5, 5.41) is 6.79. The first kappa shape index (κ1) is 23.2. The molecule has 1 aromatic carbocycles. The van der Waals surface area contributed by atoms with E-state index in [-0.39, 0.29) is 0 Å². The summed E-state index contributed by atoms with van der Waals surface area (Å²) in [5.41, 5.74) is 1.13. The van der Waals surface area contributed by atoms with Gasteiger partial charge in [0.05, 0.1) is 0 Å². The zero-order chi connectivity index (χ0) is 20.2. The molecule has 0 aromatic heterocycles. The highest BCUT2D eigenvalue weighted by atomic mass is 16.5. The van der Waals surface area contributed by atoms with Crippen LogP contribution in [-0.4, -0.2) is 75.2 Å². The number of hydrogen-bond donors (Lipinski definition) is 2. The first-order valence-electron chi connectivity index (χ1n) is 9.90. The first-order chi connectivity index (χ1) is 12.8. The molecule has 27 heavy (non-hydrogen) atoms. The molecule has 0 aliphatic carbocycles. The van der Waals surface area contributed by atoms with E-state index in [1.54, 1.807) is 7.05 Å². The minimum absolute atomic E-state index is 0.535. The van der Waals surface area contributed by atoms with Gasteiger partial charge in [-0.05, 0) is 47.9 Å². The lowest BCUT2D eigenvalue weighted by Crippen LogP contribution is -2.45. The van der Waals surface area contributed by atoms with Crippen molar-refractivity contribution in [1.82, 2.24) is 20.4 Å². The van der Waals surface area contributed by atoms with Crippen molar-refractivity contribution in [1.29, 1.82) is 0 Å². The molecule has 0 aliphatic rings. The number of rotatable bonds is 11. The normalized spacial score (nSPS) is 12.3. The molecule has 0 amide bonds. The summed E-state index contributed by atoms with van der Waals surface area (Å²) in [4.78, 5) is 8.91. The summed E-state index contributed by atoms with van der Waals surface area (Å²) < 4.78 is 5.93. The second-order valence-corrected chi connectivity index (χ2v) is 7.54. The summed E-state index contributed by atoms with van der Waals surface area (Å²) in [6.45, 7) is 13.0. The monoisotopic (exact) mass is 377 g/mol. The molecule has 1 rings (SSSR count). The number of hydrogen-bond acceptors (Lipinski definition) is 4. The molecule has 0 aliphatic heterocycles. The second kappa shape index (κ2) is 12.6.